The lowest BCUT2D eigenvalue weighted by Gasteiger charge is -2.11. The minimum atomic E-state index is 0.198. The van der Waals surface area contributed by atoms with E-state index in [1.165, 1.54) is 0 Å². The zero-order valence-electron chi connectivity index (χ0n) is 9.98. The van der Waals surface area contributed by atoms with Gasteiger partial charge in [-0.15, -0.1) is 5.11 Å². The second-order valence-electron chi connectivity index (χ2n) is 3.64. The Morgan fingerprint density at radius 2 is 2.28 bits per heavy atom. The third-order valence-electron chi connectivity index (χ3n) is 2.43. The highest BCUT2D eigenvalue weighted by molar-refractivity contribution is 8.04. The molecule has 1 unspecified atom stereocenters. The Labute approximate surface area is 114 Å². The summed E-state index contributed by atoms with van der Waals surface area (Å²) in [6.45, 7) is 2.03. The standard InChI is InChI=1S/C11H13ClN4OS/c1-6-14-10(11(18-6)15-16-13)8-5-7(12)3-4-9(8)17-2/h3-6,14H,1-2H3,(H2,13,15). The van der Waals surface area contributed by atoms with E-state index >= 15 is 0 Å². The van der Waals surface area contributed by atoms with E-state index < -0.39 is 0 Å². The number of methoxy groups -OCH3 is 1. The fourth-order valence-corrected chi connectivity index (χ4v) is 2.78. The summed E-state index contributed by atoms with van der Waals surface area (Å²) in [5.74, 6) is 5.84. The first-order valence-corrected chi connectivity index (χ1v) is 6.53. The summed E-state index contributed by atoms with van der Waals surface area (Å²) in [5, 5.41) is 12.1. The lowest BCUT2D eigenvalue weighted by Crippen LogP contribution is -2.15. The van der Waals surface area contributed by atoms with Crippen LogP contribution in [0.4, 0.5) is 0 Å². The number of nitrogens with one attached hydrogen (secondary N) is 1. The fourth-order valence-electron chi connectivity index (χ4n) is 1.72. The number of benzene rings is 1. The van der Waals surface area contributed by atoms with E-state index in [1.54, 1.807) is 24.9 Å². The van der Waals surface area contributed by atoms with Gasteiger partial charge in [0.05, 0.1) is 18.2 Å². The molecule has 3 N–H and O–H groups in total. The SMILES string of the molecule is COc1ccc(Cl)cc1C1=C(N=NN)SC(C)N1. The molecule has 1 aliphatic heterocycles. The molecule has 96 valence electrons. The third kappa shape index (κ3) is 2.54. The van der Waals surface area contributed by atoms with Crippen molar-refractivity contribution in [3.63, 3.8) is 0 Å². The van der Waals surface area contributed by atoms with Gasteiger partial charge in [-0.25, -0.2) is 0 Å². The molecule has 1 heterocycles. The molecular weight excluding hydrogens is 272 g/mol. The van der Waals surface area contributed by atoms with Crippen LogP contribution in [0.25, 0.3) is 5.70 Å². The van der Waals surface area contributed by atoms with E-state index in [1.807, 2.05) is 19.1 Å². The zero-order valence-corrected chi connectivity index (χ0v) is 11.5. The monoisotopic (exact) mass is 284 g/mol. The molecule has 1 aliphatic rings. The molecule has 7 heteroatoms. The van der Waals surface area contributed by atoms with Crippen molar-refractivity contribution in [3.8, 4) is 5.75 Å². The van der Waals surface area contributed by atoms with Crippen LogP contribution < -0.4 is 15.9 Å². The quantitative estimate of drug-likeness (QED) is 0.508. The van der Waals surface area contributed by atoms with Gasteiger partial charge in [0, 0.05) is 10.6 Å². The third-order valence-corrected chi connectivity index (χ3v) is 3.64. The predicted octanol–water partition coefficient (Wildman–Crippen LogP) is 2.98. The first kappa shape index (κ1) is 13.0. The van der Waals surface area contributed by atoms with Crippen LogP contribution in [0.2, 0.25) is 5.02 Å². The Balaban J connectivity index is 2.52. The van der Waals surface area contributed by atoms with Crippen LogP contribution in [0.1, 0.15) is 12.5 Å². The molecule has 0 spiro atoms. The Kier molecular flexibility index (Phi) is 3.98. The zero-order chi connectivity index (χ0) is 13.1. The maximum absolute atomic E-state index is 6.02. The Morgan fingerprint density at radius 3 is 2.94 bits per heavy atom. The van der Waals surface area contributed by atoms with Crippen molar-refractivity contribution < 1.29 is 4.74 Å². The average Bonchev–Trinajstić information content (AvgIpc) is 2.71. The van der Waals surface area contributed by atoms with Crippen LogP contribution in [-0.2, 0) is 0 Å². The summed E-state index contributed by atoms with van der Waals surface area (Å²) in [6, 6.07) is 5.42. The minimum absolute atomic E-state index is 0.198. The lowest BCUT2D eigenvalue weighted by atomic mass is 10.1. The first-order valence-electron chi connectivity index (χ1n) is 5.28. The van der Waals surface area contributed by atoms with Crippen molar-refractivity contribution in [1.29, 1.82) is 0 Å². The summed E-state index contributed by atoms with van der Waals surface area (Å²) in [5.41, 5.74) is 1.69. The summed E-state index contributed by atoms with van der Waals surface area (Å²) in [4.78, 5) is 0. The summed E-state index contributed by atoms with van der Waals surface area (Å²) >= 11 is 7.57. The van der Waals surface area contributed by atoms with E-state index in [9.17, 15) is 0 Å². The number of nitrogens with zero attached hydrogens (tertiary/aromatic N) is 2. The van der Waals surface area contributed by atoms with E-state index in [4.69, 9.17) is 22.2 Å². The van der Waals surface area contributed by atoms with Crippen LogP contribution in [0.5, 0.6) is 5.75 Å². The minimum Gasteiger partial charge on any atom is -0.496 e. The Morgan fingerprint density at radius 1 is 1.50 bits per heavy atom. The molecule has 1 aromatic carbocycles. The van der Waals surface area contributed by atoms with Gasteiger partial charge in [0.1, 0.15) is 10.8 Å². The second-order valence-corrected chi connectivity index (χ2v) is 5.41. The average molecular weight is 285 g/mol. The molecule has 5 nitrogen and oxygen atoms in total. The van der Waals surface area contributed by atoms with Crippen molar-refractivity contribution in [2.24, 2.45) is 16.2 Å². The second kappa shape index (κ2) is 5.49. The highest BCUT2D eigenvalue weighted by atomic mass is 35.5. The van der Waals surface area contributed by atoms with Gasteiger partial charge in [0.15, 0.2) is 0 Å². The molecule has 0 amide bonds. The maximum Gasteiger partial charge on any atom is 0.146 e. The topological polar surface area (TPSA) is 72.0 Å². The van der Waals surface area contributed by atoms with E-state index in [0.717, 1.165) is 22.0 Å². The molecule has 0 aromatic heterocycles. The van der Waals surface area contributed by atoms with Gasteiger partial charge in [0.25, 0.3) is 0 Å². The summed E-state index contributed by atoms with van der Waals surface area (Å²) in [7, 11) is 1.61. The van der Waals surface area contributed by atoms with E-state index in [-0.39, 0.29) is 5.37 Å². The highest BCUT2D eigenvalue weighted by Gasteiger charge is 2.24. The number of nitrogens with two attached hydrogens (primary N) is 1. The molecular formula is C11H13ClN4OS. The van der Waals surface area contributed by atoms with Crippen LogP contribution in [0.15, 0.2) is 33.6 Å². The normalized spacial score (nSPS) is 19.4. The maximum atomic E-state index is 6.02. The van der Waals surface area contributed by atoms with Gasteiger partial charge in [-0.3, -0.25) is 0 Å². The molecule has 2 rings (SSSR count). The molecule has 0 saturated heterocycles. The number of thioether (sulfide) groups is 1. The number of halogens is 1. The van der Waals surface area contributed by atoms with Crippen LogP contribution in [0, 0.1) is 0 Å². The molecule has 0 aliphatic carbocycles. The van der Waals surface area contributed by atoms with Crippen molar-refractivity contribution in [2.45, 2.75) is 12.3 Å². The fraction of sp³-hybridized carbons (Fsp3) is 0.273. The summed E-state index contributed by atoms with van der Waals surface area (Å²) < 4.78 is 5.33. The van der Waals surface area contributed by atoms with Crippen molar-refractivity contribution >= 4 is 29.1 Å². The number of hydrogen-bond acceptors (Lipinski definition) is 5. The largest absolute Gasteiger partial charge is 0.496 e. The van der Waals surface area contributed by atoms with E-state index in [0.29, 0.717) is 5.02 Å². The van der Waals surface area contributed by atoms with Gasteiger partial charge in [-0.1, -0.05) is 28.6 Å². The first-order chi connectivity index (χ1) is 8.65. The van der Waals surface area contributed by atoms with Crippen molar-refractivity contribution in [3.05, 3.63) is 33.8 Å². The molecule has 18 heavy (non-hydrogen) atoms. The highest BCUT2D eigenvalue weighted by Crippen LogP contribution is 2.39. The smallest absolute Gasteiger partial charge is 0.146 e. The lowest BCUT2D eigenvalue weighted by molar-refractivity contribution is 0.413. The van der Waals surface area contributed by atoms with Gasteiger partial charge in [-0.2, -0.15) is 0 Å². The number of ether oxygens (including phenoxy) is 1. The van der Waals surface area contributed by atoms with Crippen LogP contribution in [0.3, 0.4) is 0 Å². The van der Waals surface area contributed by atoms with Gasteiger partial charge < -0.3 is 15.9 Å². The molecule has 0 radical (unpaired) electrons. The van der Waals surface area contributed by atoms with Gasteiger partial charge in [0.2, 0.25) is 0 Å². The number of hydrogen-bond donors (Lipinski definition) is 2. The number of rotatable bonds is 3. The Bertz CT molecular complexity index is 518. The summed E-state index contributed by atoms with van der Waals surface area (Å²) in [6.07, 6.45) is 0. The van der Waals surface area contributed by atoms with Crippen LogP contribution in [-0.4, -0.2) is 12.5 Å². The van der Waals surface area contributed by atoms with Crippen molar-refractivity contribution in [1.82, 2.24) is 5.32 Å². The van der Waals surface area contributed by atoms with Gasteiger partial charge >= 0.3 is 0 Å². The molecule has 0 fully saturated rings. The predicted molar refractivity (Wildman–Crippen MR) is 74.2 cm³/mol. The van der Waals surface area contributed by atoms with Crippen LogP contribution >= 0.6 is 23.4 Å². The molecule has 1 atom stereocenters. The van der Waals surface area contributed by atoms with Crippen molar-refractivity contribution in [2.75, 3.05) is 7.11 Å². The Hall–Kier alpha value is -1.40. The molecule has 1 aromatic rings. The van der Waals surface area contributed by atoms with E-state index in [2.05, 4.69) is 15.7 Å². The molecule has 0 saturated carbocycles. The molecule has 0 bridgehead atoms. The van der Waals surface area contributed by atoms with Gasteiger partial charge in [-0.05, 0) is 25.1 Å².